The molecule has 1 N–H and O–H groups in total. The third-order valence-corrected chi connectivity index (χ3v) is 5.58. The summed E-state index contributed by atoms with van der Waals surface area (Å²) >= 11 is 0. The standard InChI is InChI=1S/C22H25N5O3/c1-14-10-24-22(27-9-7-23-13-27)25-19(14)6-8-26(3)11-20(28)16-4-5-17-18(15(16)2)12-30-21(17)29/h4-5,7,9-10,13,20,28H,6,8,11-12H2,1-3H3. The van der Waals surface area contributed by atoms with Gasteiger partial charge in [-0.25, -0.2) is 19.7 Å². The zero-order valence-electron chi connectivity index (χ0n) is 17.4. The average Bonchev–Trinajstić information content (AvgIpc) is 3.38. The van der Waals surface area contributed by atoms with Gasteiger partial charge in [0.2, 0.25) is 5.95 Å². The second-order valence-electron chi connectivity index (χ2n) is 7.68. The first-order valence-corrected chi connectivity index (χ1v) is 9.91. The molecule has 0 amide bonds. The molecule has 4 rings (SSSR count). The molecule has 0 bridgehead atoms. The van der Waals surface area contributed by atoms with Gasteiger partial charge in [-0.3, -0.25) is 4.57 Å². The largest absolute Gasteiger partial charge is 0.457 e. The van der Waals surface area contributed by atoms with Gasteiger partial charge in [0.15, 0.2) is 0 Å². The Labute approximate surface area is 175 Å². The molecule has 1 atom stereocenters. The number of aliphatic hydroxyl groups is 1. The number of rotatable bonds is 7. The lowest BCUT2D eigenvalue weighted by Gasteiger charge is -2.22. The first-order valence-electron chi connectivity index (χ1n) is 9.91. The van der Waals surface area contributed by atoms with Crippen molar-refractivity contribution < 1.29 is 14.6 Å². The van der Waals surface area contributed by atoms with E-state index in [4.69, 9.17) is 4.74 Å². The summed E-state index contributed by atoms with van der Waals surface area (Å²) in [6.45, 7) is 5.43. The maximum Gasteiger partial charge on any atom is 0.338 e. The van der Waals surface area contributed by atoms with E-state index in [2.05, 4.69) is 19.9 Å². The Balaban J connectivity index is 1.40. The number of aromatic nitrogens is 4. The van der Waals surface area contributed by atoms with Gasteiger partial charge in [0.1, 0.15) is 12.9 Å². The number of carbonyl (C=O) groups is 1. The fourth-order valence-corrected chi connectivity index (χ4v) is 3.73. The molecule has 156 valence electrons. The predicted molar refractivity (Wildman–Crippen MR) is 110 cm³/mol. The van der Waals surface area contributed by atoms with Gasteiger partial charge < -0.3 is 14.7 Å². The van der Waals surface area contributed by atoms with Gasteiger partial charge in [-0.05, 0) is 43.7 Å². The number of esters is 1. The van der Waals surface area contributed by atoms with E-state index in [-0.39, 0.29) is 12.6 Å². The van der Waals surface area contributed by atoms with E-state index in [1.165, 1.54) is 0 Å². The highest BCUT2D eigenvalue weighted by Gasteiger charge is 2.26. The van der Waals surface area contributed by atoms with Crippen molar-refractivity contribution in [3.63, 3.8) is 0 Å². The summed E-state index contributed by atoms with van der Waals surface area (Å²) in [6, 6.07) is 3.57. The Kier molecular flexibility index (Phi) is 5.61. The van der Waals surface area contributed by atoms with Crippen molar-refractivity contribution in [1.82, 2.24) is 24.4 Å². The Morgan fingerprint density at radius 2 is 2.17 bits per heavy atom. The Morgan fingerprint density at radius 1 is 1.33 bits per heavy atom. The van der Waals surface area contributed by atoms with Gasteiger partial charge in [-0.2, -0.15) is 0 Å². The molecule has 1 aromatic carbocycles. The third kappa shape index (κ3) is 3.96. The highest BCUT2D eigenvalue weighted by molar-refractivity contribution is 5.93. The number of benzene rings is 1. The van der Waals surface area contributed by atoms with Gasteiger partial charge in [-0.15, -0.1) is 0 Å². The van der Waals surface area contributed by atoms with Crippen molar-refractivity contribution >= 4 is 5.97 Å². The molecule has 0 saturated heterocycles. The molecule has 0 radical (unpaired) electrons. The van der Waals surface area contributed by atoms with Crippen LogP contribution in [0.3, 0.4) is 0 Å². The molecule has 3 aromatic rings. The second kappa shape index (κ2) is 8.33. The Morgan fingerprint density at radius 3 is 2.93 bits per heavy atom. The Hall–Kier alpha value is -3.10. The van der Waals surface area contributed by atoms with Crippen LogP contribution < -0.4 is 0 Å². The number of ether oxygens (including phenoxy) is 1. The fourth-order valence-electron chi connectivity index (χ4n) is 3.73. The second-order valence-corrected chi connectivity index (χ2v) is 7.68. The molecule has 1 aliphatic heterocycles. The molecule has 2 aromatic heterocycles. The van der Waals surface area contributed by atoms with Crippen molar-refractivity contribution in [2.45, 2.75) is 33.0 Å². The van der Waals surface area contributed by atoms with E-state index < -0.39 is 6.10 Å². The number of hydrogen-bond donors (Lipinski definition) is 1. The van der Waals surface area contributed by atoms with E-state index in [1.807, 2.05) is 39.4 Å². The summed E-state index contributed by atoms with van der Waals surface area (Å²) in [7, 11) is 1.98. The summed E-state index contributed by atoms with van der Waals surface area (Å²) in [5.41, 5.74) is 5.24. The van der Waals surface area contributed by atoms with Crippen LogP contribution >= 0.6 is 0 Å². The number of cyclic esters (lactones) is 1. The summed E-state index contributed by atoms with van der Waals surface area (Å²) in [5.74, 6) is 0.308. The first kappa shape index (κ1) is 20.2. The van der Waals surface area contributed by atoms with Crippen molar-refractivity contribution in [2.75, 3.05) is 20.1 Å². The number of aryl methyl sites for hydroxylation is 1. The van der Waals surface area contributed by atoms with Gasteiger partial charge in [0.05, 0.1) is 17.4 Å². The van der Waals surface area contributed by atoms with E-state index in [1.54, 1.807) is 23.2 Å². The molecule has 1 unspecified atom stereocenters. The molecule has 30 heavy (non-hydrogen) atoms. The maximum absolute atomic E-state index is 11.7. The van der Waals surface area contributed by atoms with Crippen LogP contribution in [0.25, 0.3) is 5.95 Å². The third-order valence-electron chi connectivity index (χ3n) is 5.58. The highest BCUT2D eigenvalue weighted by atomic mass is 16.5. The number of likely N-dealkylation sites (N-methyl/N-ethyl adjacent to an activating group) is 1. The molecule has 0 aliphatic carbocycles. The number of imidazole rings is 1. The lowest BCUT2D eigenvalue weighted by atomic mass is 9.95. The van der Waals surface area contributed by atoms with Crippen LogP contribution in [-0.4, -0.2) is 55.6 Å². The van der Waals surface area contributed by atoms with E-state index in [9.17, 15) is 9.90 Å². The number of nitrogens with zero attached hydrogens (tertiary/aromatic N) is 5. The van der Waals surface area contributed by atoms with Gasteiger partial charge in [-0.1, -0.05) is 6.07 Å². The molecule has 8 heteroatoms. The molecular weight excluding hydrogens is 382 g/mol. The monoisotopic (exact) mass is 407 g/mol. The van der Waals surface area contributed by atoms with Crippen LogP contribution in [0, 0.1) is 13.8 Å². The Bertz CT molecular complexity index is 1060. The first-order chi connectivity index (χ1) is 14.4. The van der Waals surface area contributed by atoms with Crippen molar-refractivity contribution in [1.29, 1.82) is 0 Å². The molecular formula is C22H25N5O3. The summed E-state index contributed by atoms with van der Waals surface area (Å²) in [4.78, 5) is 26.9. The maximum atomic E-state index is 11.7. The van der Waals surface area contributed by atoms with Crippen molar-refractivity contribution in [2.24, 2.45) is 0 Å². The average molecular weight is 407 g/mol. The number of hydrogen-bond acceptors (Lipinski definition) is 7. The summed E-state index contributed by atoms with van der Waals surface area (Å²) < 4.78 is 6.89. The summed E-state index contributed by atoms with van der Waals surface area (Å²) in [6.07, 6.45) is 7.10. The van der Waals surface area contributed by atoms with Gasteiger partial charge in [0.25, 0.3) is 0 Å². The minimum Gasteiger partial charge on any atom is -0.457 e. The van der Waals surface area contributed by atoms with Crippen LogP contribution in [0.4, 0.5) is 0 Å². The SMILES string of the molecule is Cc1cnc(-n2ccnc2)nc1CCN(C)CC(O)c1ccc2c(c1C)COC2=O. The smallest absolute Gasteiger partial charge is 0.338 e. The minimum atomic E-state index is -0.649. The van der Waals surface area contributed by atoms with E-state index in [0.29, 0.717) is 18.1 Å². The quantitative estimate of drug-likeness (QED) is 0.600. The topological polar surface area (TPSA) is 93.4 Å². The number of aliphatic hydroxyl groups excluding tert-OH is 1. The minimum absolute atomic E-state index is 0.280. The van der Waals surface area contributed by atoms with Gasteiger partial charge in [0, 0.05) is 43.7 Å². The summed E-state index contributed by atoms with van der Waals surface area (Å²) in [5, 5.41) is 10.8. The molecule has 1 aliphatic rings. The van der Waals surface area contributed by atoms with Crippen molar-refractivity contribution in [3.05, 3.63) is 70.6 Å². The molecule has 0 fully saturated rings. The zero-order valence-corrected chi connectivity index (χ0v) is 17.4. The number of fused-ring (bicyclic) bond motifs is 1. The van der Waals surface area contributed by atoms with Crippen LogP contribution in [0.5, 0.6) is 0 Å². The van der Waals surface area contributed by atoms with E-state index >= 15 is 0 Å². The van der Waals surface area contributed by atoms with Gasteiger partial charge >= 0.3 is 5.97 Å². The molecule has 8 nitrogen and oxygen atoms in total. The fraction of sp³-hybridized carbons (Fsp3) is 0.364. The highest BCUT2D eigenvalue weighted by Crippen LogP contribution is 2.29. The van der Waals surface area contributed by atoms with Crippen LogP contribution in [0.2, 0.25) is 0 Å². The lowest BCUT2D eigenvalue weighted by Crippen LogP contribution is -2.27. The van der Waals surface area contributed by atoms with Crippen LogP contribution in [0.15, 0.2) is 37.1 Å². The molecule has 0 spiro atoms. The molecule has 3 heterocycles. The van der Waals surface area contributed by atoms with E-state index in [0.717, 1.165) is 40.9 Å². The normalized spacial score (nSPS) is 14.1. The predicted octanol–water partition coefficient (Wildman–Crippen LogP) is 2.16. The van der Waals surface area contributed by atoms with Crippen LogP contribution in [0.1, 0.15) is 44.4 Å². The zero-order chi connectivity index (χ0) is 21.3. The lowest BCUT2D eigenvalue weighted by molar-refractivity contribution is 0.0535. The van der Waals surface area contributed by atoms with Crippen LogP contribution in [-0.2, 0) is 17.8 Å². The number of carbonyl (C=O) groups excluding carboxylic acids is 1. The van der Waals surface area contributed by atoms with Crippen molar-refractivity contribution in [3.8, 4) is 5.95 Å². The molecule has 0 saturated carbocycles.